The topological polar surface area (TPSA) is 82.2 Å². The van der Waals surface area contributed by atoms with Crippen molar-refractivity contribution >= 4 is 34.1 Å². The summed E-state index contributed by atoms with van der Waals surface area (Å²) in [7, 11) is 1.39. The molecule has 7 heteroatoms. The normalized spacial score (nSPS) is 13.6. The van der Waals surface area contributed by atoms with Crippen LogP contribution in [0.15, 0.2) is 82.8 Å². The lowest BCUT2D eigenvalue weighted by Gasteiger charge is -2.15. The van der Waals surface area contributed by atoms with Gasteiger partial charge in [0.1, 0.15) is 11.3 Å². The van der Waals surface area contributed by atoms with Crippen LogP contribution < -0.4 is 5.32 Å². The summed E-state index contributed by atoms with van der Waals surface area (Å²) in [4.78, 5) is 21.8. The number of imidazole rings is 1. The zero-order chi connectivity index (χ0) is 25.9. The van der Waals surface area contributed by atoms with E-state index in [0.717, 1.165) is 52.9 Å². The van der Waals surface area contributed by atoms with Crippen LogP contribution in [-0.2, 0) is 17.8 Å². The molecule has 0 unspecified atom stereocenters. The molecule has 1 aliphatic rings. The van der Waals surface area contributed by atoms with Gasteiger partial charge in [-0.2, -0.15) is 4.98 Å². The van der Waals surface area contributed by atoms with Crippen LogP contribution in [0.25, 0.3) is 33.5 Å². The number of anilines is 1. The molecule has 2 aromatic heterocycles. The number of rotatable bonds is 8. The second kappa shape index (κ2) is 10.5. The molecule has 0 amide bonds. The summed E-state index contributed by atoms with van der Waals surface area (Å²) in [5.74, 6) is 0.483. The number of methoxy groups -OCH3 is 1. The molecule has 0 radical (unpaired) electrons. The Morgan fingerprint density at radius 3 is 2.74 bits per heavy atom. The van der Waals surface area contributed by atoms with Crippen molar-refractivity contribution in [2.45, 2.75) is 45.2 Å². The van der Waals surface area contributed by atoms with Gasteiger partial charge in [-0.3, -0.25) is 0 Å². The molecular formula is C31H30N4O3. The zero-order valence-corrected chi connectivity index (χ0v) is 21.4. The van der Waals surface area contributed by atoms with Gasteiger partial charge in [0.05, 0.1) is 23.7 Å². The smallest absolute Gasteiger partial charge is 0.337 e. The van der Waals surface area contributed by atoms with Crippen molar-refractivity contribution in [3.8, 4) is 11.4 Å². The summed E-state index contributed by atoms with van der Waals surface area (Å²) in [6.07, 6.45) is 8.24. The van der Waals surface area contributed by atoms with Crippen LogP contribution in [0.5, 0.6) is 0 Å². The SMILES string of the molecule is COC(=O)c1ccc2c(c1)nc(-c1ccc3oc(NCc4ccccc4)nc3c1)n2CCC1=CCCCC1. The zero-order valence-electron chi connectivity index (χ0n) is 21.4. The van der Waals surface area contributed by atoms with Crippen LogP contribution in [0.2, 0.25) is 0 Å². The average molecular weight is 507 g/mol. The molecule has 1 aliphatic carbocycles. The summed E-state index contributed by atoms with van der Waals surface area (Å²) >= 11 is 0. The molecule has 5 aromatic rings. The van der Waals surface area contributed by atoms with E-state index in [0.29, 0.717) is 23.7 Å². The number of nitrogens with one attached hydrogen (secondary N) is 1. The van der Waals surface area contributed by atoms with Gasteiger partial charge in [0, 0.05) is 18.7 Å². The monoisotopic (exact) mass is 506 g/mol. The van der Waals surface area contributed by atoms with Crippen molar-refractivity contribution < 1.29 is 13.9 Å². The van der Waals surface area contributed by atoms with Gasteiger partial charge >= 0.3 is 5.97 Å². The molecule has 3 aromatic carbocycles. The van der Waals surface area contributed by atoms with Crippen molar-refractivity contribution in [1.82, 2.24) is 14.5 Å². The number of benzene rings is 3. The Bertz CT molecular complexity index is 1630. The molecule has 0 aliphatic heterocycles. The number of carbonyl (C=O) groups excluding carboxylic acids is 1. The summed E-state index contributed by atoms with van der Waals surface area (Å²) in [5, 5.41) is 3.27. The third kappa shape index (κ3) is 4.92. The first kappa shape index (κ1) is 24.0. The first-order chi connectivity index (χ1) is 18.7. The maximum atomic E-state index is 12.2. The lowest BCUT2D eigenvalue weighted by molar-refractivity contribution is 0.0601. The maximum absolute atomic E-state index is 12.2. The van der Waals surface area contributed by atoms with E-state index in [4.69, 9.17) is 14.1 Å². The predicted molar refractivity (Wildman–Crippen MR) is 149 cm³/mol. The van der Waals surface area contributed by atoms with Gasteiger partial charge in [0.15, 0.2) is 5.58 Å². The first-order valence-corrected chi connectivity index (χ1v) is 13.1. The number of allylic oxidation sites excluding steroid dienone is 2. The highest BCUT2D eigenvalue weighted by molar-refractivity contribution is 5.94. The van der Waals surface area contributed by atoms with E-state index in [1.54, 1.807) is 6.07 Å². The molecule has 0 saturated carbocycles. The number of hydrogen-bond donors (Lipinski definition) is 1. The van der Waals surface area contributed by atoms with Crippen LogP contribution in [-0.4, -0.2) is 27.6 Å². The van der Waals surface area contributed by atoms with Crippen molar-refractivity contribution in [1.29, 1.82) is 0 Å². The maximum Gasteiger partial charge on any atom is 0.337 e. The van der Waals surface area contributed by atoms with Crippen molar-refractivity contribution in [3.05, 3.63) is 89.5 Å². The van der Waals surface area contributed by atoms with Gasteiger partial charge in [-0.15, -0.1) is 0 Å². The number of ether oxygens (including phenoxy) is 1. The second-order valence-electron chi connectivity index (χ2n) is 9.68. The van der Waals surface area contributed by atoms with Crippen LogP contribution in [0.3, 0.4) is 0 Å². The Hall–Kier alpha value is -4.39. The van der Waals surface area contributed by atoms with Gasteiger partial charge in [-0.05, 0) is 74.1 Å². The minimum Gasteiger partial charge on any atom is -0.465 e. The molecule has 6 rings (SSSR count). The predicted octanol–water partition coefficient (Wildman–Crippen LogP) is 7.13. The average Bonchev–Trinajstić information content (AvgIpc) is 3.55. The highest BCUT2D eigenvalue weighted by Gasteiger charge is 2.17. The molecule has 0 atom stereocenters. The molecule has 0 spiro atoms. The molecule has 2 heterocycles. The summed E-state index contributed by atoms with van der Waals surface area (Å²) in [5.41, 5.74) is 7.36. The first-order valence-electron chi connectivity index (χ1n) is 13.1. The molecule has 1 N–H and O–H groups in total. The third-order valence-electron chi connectivity index (χ3n) is 7.14. The third-order valence-corrected chi connectivity index (χ3v) is 7.14. The summed E-state index contributed by atoms with van der Waals surface area (Å²) < 4.78 is 13.1. The number of nitrogens with zero attached hydrogens (tertiary/aromatic N) is 3. The number of aromatic nitrogens is 3. The highest BCUT2D eigenvalue weighted by Crippen LogP contribution is 2.31. The van der Waals surface area contributed by atoms with Gasteiger partial charge in [0.2, 0.25) is 0 Å². The fourth-order valence-electron chi connectivity index (χ4n) is 5.12. The Kier molecular flexibility index (Phi) is 6.65. The number of oxazole rings is 1. The fourth-order valence-corrected chi connectivity index (χ4v) is 5.12. The van der Waals surface area contributed by atoms with E-state index in [2.05, 4.69) is 33.1 Å². The Morgan fingerprint density at radius 1 is 1.03 bits per heavy atom. The summed E-state index contributed by atoms with van der Waals surface area (Å²) in [6.45, 7) is 1.45. The fraction of sp³-hybridized carbons (Fsp3) is 0.258. The molecule has 0 saturated heterocycles. The van der Waals surface area contributed by atoms with Gasteiger partial charge in [-0.1, -0.05) is 42.0 Å². The quantitative estimate of drug-likeness (QED) is 0.178. The molecular weight excluding hydrogens is 476 g/mol. The number of hydrogen-bond acceptors (Lipinski definition) is 6. The van der Waals surface area contributed by atoms with E-state index >= 15 is 0 Å². The molecule has 7 nitrogen and oxygen atoms in total. The van der Waals surface area contributed by atoms with Crippen LogP contribution in [0.4, 0.5) is 6.01 Å². The van der Waals surface area contributed by atoms with Crippen molar-refractivity contribution in [2.24, 2.45) is 0 Å². The highest BCUT2D eigenvalue weighted by atomic mass is 16.5. The van der Waals surface area contributed by atoms with Crippen LogP contribution in [0.1, 0.15) is 48.0 Å². The van der Waals surface area contributed by atoms with E-state index in [1.807, 2.05) is 48.5 Å². The minimum atomic E-state index is -0.366. The lowest BCUT2D eigenvalue weighted by Crippen LogP contribution is -2.04. The Balaban J connectivity index is 1.34. The molecule has 0 fully saturated rings. The van der Waals surface area contributed by atoms with Gasteiger partial charge in [0.25, 0.3) is 6.01 Å². The summed E-state index contributed by atoms with van der Waals surface area (Å²) in [6, 6.07) is 22.2. The Labute approximate surface area is 221 Å². The van der Waals surface area contributed by atoms with Gasteiger partial charge < -0.3 is 19.0 Å². The molecule has 38 heavy (non-hydrogen) atoms. The van der Waals surface area contributed by atoms with E-state index in [1.165, 1.54) is 31.9 Å². The van der Waals surface area contributed by atoms with Crippen LogP contribution >= 0.6 is 0 Å². The lowest BCUT2D eigenvalue weighted by atomic mass is 9.97. The van der Waals surface area contributed by atoms with Gasteiger partial charge in [-0.25, -0.2) is 9.78 Å². The molecule has 192 valence electrons. The Morgan fingerprint density at radius 2 is 1.92 bits per heavy atom. The van der Waals surface area contributed by atoms with E-state index in [-0.39, 0.29) is 5.97 Å². The number of carbonyl (C=O) groups is 1. The van der Waals surface area contributed by atoms with E-state index < -0.39 is 0 Å². The minimum absolute atomic E-state index is 0.366. The molecule has 0 bridgehead atoms. The largest absolute Gasteiger partial charge is 0.465 e. The van der Waals surface area contributed by atoms with E-state index in [9.17, 15) is 4.79 Å². The van der Waals surface area contributed by atoms with Crippen molar-refractivity contribution in [3.63, 3.8) is 0 Å². The second-order valence-corrected chi connectivity index (χ2v) is 9.68. The number of fused-ring (bicyclic) bond motifs is 2. The van der Waals surface area contributed by atoms with Crippen molar-refractivity contribution in [2.75, 3.05) is 12.4 Å². The number of aryl methyl sites for hydroxylation is 1. The van der Waals surface area contributed by atoms with Crippen LogP contribution in [0, 0.1) is 0 Å². The number of esters is 1. The standard InChI is InChI=1S/C31H30N4O3/c1-37-30(36)24-12-14-27-25(19-24)33-29(35(27)17-16-21-8-4-2-5-9-21)23-13-15-28-26(18-23)34-31(38-28)32-20-22-10-6-3-7-11-22/h3,6-8,10-15,18-19H,2,4-5,9,16-17,20H2,1H3,(H,32,34).